The number of fused-ring (bicyclic) bond motifs is 6. The SMILES string of the molecule is CCCCc1c2c(cc3ccccc13)CCCC21CC2C=CC1C2. The van der Waals surface area contributed by atoms with E-state index in [1.807, 2.05) is 0 Å². The third kappa shape index (κ3) is 1.98. The van der Waals surface area contributed by atoms with Gasteiger partial charge in [0.1, 0.15) is 0 Å². The highest BCUT2D eigenvalue weighted by Gasteiger charge is 2.51. The molecule has 0 nitrogen and oxygen atoms in total. The van der Waals surface area contributed by atoms with Crippen LogP contribution in [-0.4, -0.2) is 0 Å². The molecule has 0 heteroatoms. The van der Waals surface area contributed by atoms with E-state index in [-0.39, 0.29) is 0 Å². The van der Waals surface area contributed by atoms with Crippen molar-refractivity contribution in [2.24, 2.45) is 11.8 Å². The quantitative estimate of drug-likeness (QED) is 0.579. The summed E-state index contributed by atoms with van der Waals surface area (Å²) in [4.78, 5) is 0. The minimum Gasteiger partial charge on any atom is -0.0851 e. The fraction of sp³-hybridized carbons (Fsp3) is 0.500. The molecule has 0 heterocycles. The Morgan fingerprint density at radius 3 is 2.88 bits per heavy atom. The van der Waals surface area contributed by atoms with Crippen LogP contribution < -0.4 is 0 Å². The van der Waals surface area contributed by atoms with Gasteiger partial charge in [0.15, 0.2) is 0 Å². The summed E-state index contributed by atoms with van der Waals surface area (Å²) in [7, 11) is 0. The van der Waals surface area contributed by atoms with Gasteiger partial charge < -0.3 is 0 Å². The van der Waals surface area contributed by atoms with Gasteiger partial charge in [-0.1, -0.05) is 55.8 Å². The zero-order chi connectivity index (χ0) is 16.1. The molecule has 0 aliphatic heterocycles. The highest BCUT2D eigenvalue weighted by molar-refractivity contribution is 5.88. The van der Waals surface area contributed by atoms with E-state index in [1.165, 1.54) is 62.1 Å². The Labute approximate surface area is 146 Å². The van der Waals surface area contributed by atoms with E-state index in [0.717, 1.165) is 11.8 Å². The van der Waals surface area contributed by atoms with E-state index in [1.54, 1.807) is 16.7 Å². The number of hydrogen-bond donors (Lipinski definition) is 0. The van der Waals surface area contributed by atoms with Crippen LogP contribution in [0, 0.1) is 11.8 Å². The molecule has 3 aliphatic carbocycles. The Morgan fingerprint density at radius 1 is 1.17 bits per heavy atom. The van der Waals surface area contributed by atoms with Crippen LogP contribution in [-0.2, 0) is 18.3 Å². The van der Waals surface area contributed by atoms with Crippen LogP contribution in [0.1, 0.15) is 62.1 Å². The molecule has 5 rings (SSSR count). The van der Waals surface area contributed by atoms with Crippen LogP contribution in [0.15, 0.2) is 42.5 Å². The standard InChI is InChI=1S/C24H28/c1-2-3-9-22-21-10-5-4-7-18(21)15-19-8-6-13-24(23(19)22)16-17-11-12-20(24)14-17/h4-5,7,10-12,15,17,20H,2-3,6,8-9,13-14,16H2,1H3. The molecular weight excluding hydrogens is 288 g/mol. The summed E-state index contributed by atoms with van der Waals surface area (Å²) in [5, 5.41) is 3.01. The Hall–Kier alpha value is -1.56. The van der Waals surface area contributed by atoms with Gasteiger partial charge >= 0.3 is 0 Å². The zero-order valence-electron chi connectivity index (χ0n) is 14.9. The van der Waals surface area contributed by atoms with Crippen LogP contribution in [0.3, 0.4) is 0 Å². The van der Waals surface area contributed by atoms with Gasteiger partial charge in [-0.25, -0.2) is 0 Å². The van der Waals surface area contributed by atoms with Gasteiger partial charge in [0, 0.05) is 5.41 Å². The summed E-state index contributed by atoms with van der Waals surface area (Å²) < 4.78 is 0. The molecule has 3 unspecified atom stereocenters. The fourth-order valence-corrected chi connectivity index (χ4v) is 6.17. The van der Waals surface area contributed by atoms with Crippen LogP contribution in [0.4, 0.5) is 0 Å². The lowest BCUT2D eigenvalue weighted by Gasteiger charge is -2.43. The topological polar surface area (TPSA) is 0 Å². The van der Waals surface area contributed by atoms with E-state index in [9.17, 15) is 0 Å². The molecule has 2 aromatic rings. The summed E-state index contributed by atoms with van der Waals surface area (Å²) in [6, 6.07) is 11.7. The van der Waals surface area contributed by atoms with E-state index in [4.69, 9.17) is 0 Å². The Balaban J connectivity index is 1.78. The molecule has 0 saturated heterocycles. The number of allylic oxidation sites excluding steroid dienone is 2. The lowest BCUT2D eigenvalue weighted by atomic mass is 9.61. The first-order valence-corrected chi connectivity index (χ1v) is 10.0. The van der Waals surface area contributed by atoms with Gasteiger partial charge in [-0.15, -0.1) is 0 Å². The average Bonchev–Trinajstić information content (AvgIpc) is 3.20. The van der Waals surface area contributed by atoms with Gasteiger partial charge in [-0.05, 0) is 84.2 Å². The molecule has 124 valence electrons. The van der Waals surface area contributed by atoms with Gasteiger partial charge in [0.05, 0.1) is 0 Å². The molecule has 1 spiro atoms. The molecule has 0 aromatic heterocycles. The predicted molar refractivity (Wildman–Crippen MR) is 103 cm³/mol. The monoisotopic (exact) mass is 316 g/mol. The first-order valence-electron chi connectivity index (χ1n) is 10.0. The predicted octanol–water partition coefficient (Wildman–Crippen LogP) is 6.35. The Kier molecular flexibility index (Phi) is 3.37. The lowest BCUT2D eigenvalue weighted by molar-refractivity contribution is 0.301. The molecule has 2 aromatic carbocycles. The van der Waals surface area contributed by atoms with Crippen molar-refractivity contribution < 1.29 is 0 Å². The van der Waals surface area contributed by atoms with Gasteiger partial charge in [0.25, 0.3) is 0 Å². The molecule has 24 heavy (non-hydrogen) atoms. The maximum Gasteiger partial charge on any atom is 0.00273 e. The van der Waals surface area contributed by atoms with Crippen molar-refractivity contribution in [1.82, 2.24) is 0 Å². The zero-order valence-corrected chi connectivity index (χ0v) is 14.9. The second-order valence-electron chi connectivity index (χ2n) is 8.41. The van der Waals surface area contributed by atoms with E-state index in [2.05, 4.69) is 49.4 Å². The molecule has 1 saturated carbocycles. The second kappa shape index (κ2) is 5.48. The molecule has 1 fully saturated rings. The van der Waals surface area contributed by atoms with Crippen molar-refractivity contribution in [2.45, 2.75) is 63.7 Å². The summed E-state index contributed by atoms with van der Waals surface area (Å²) in [6.07, 6.45) is 15.9. The number of rotatable bonds is 3. The molecule has 0 N–H and O–H groups in total. The van der Waals surface area contributed by atoms with E-state index in [0.29, 0.717) is 5.41 Å². The molecule has 3 aliphatic rings. The number of aryl methyl sites for hydroxylation is 2. The van der Waals surface area contributed by atoms with Crippen LogP contribution in [0.2, 0.25) is 0 Å². The first kappa shape index (κ1) is 14.8. The van der Waals surface area contributed by atoms with Gasteiger partial charge in [-0.2, -0.15) is 0 Å². The largest absolute Gasteiger partial charge is 0.0851 e. The third-order valence-electron chi connectivity index (χ3n) is 7.09. The molecular formula is C24H28. The third-order valence-corrected chi connectivity index (χ3v) is 7.09. The second-order valence-corrected chi connectivity index (χ2v) is 8.41. The Bertz CT molecular complexity index is 812. The summed E-state index contributed by atoms with van der Waals surface area (Å²) in [5.41, 5.74) is 5.68. The molecule has 3 atom stereocenters. The number of benzene rings is 2. The minimum atomic E-state index is 0.472. The van der Waals surface area contributed by atoms with E-state index >= 15 is 0 Å². The molecule has 0 amide bonds. The summed E-state index contributed by atoms with van der Waals surface area (Å²) in [6.45, 7) is 2.33. The summed E-state index contributed by atoms with van der Waals surface area (Å²) >= 11 is 0. The van der Waals surface area contributed by atoms with Crippen molar-refractivity contribution in [3.8, 4) is 0 Å². The van der Waals surface area contributed by atoms with Gasteiger partial charge in [-0.3, -0.25) is 0 Å². The van der Waals surface area contributed by atoms with Crippen LogP contribution in [0.25, 0.3) is 10.8 Å². The normalized spacial score (nSPS) is 30.4. The highest BCUT2D eigenvalue weighted by Crippen LogP contribution is 2.59. The highest BCUT2D eigenvalue weighted by atomic mass is 14.5. The van der Waals surface area contributed by atoms with Crippen LogP contribution >= 0.6 is 0 Å². The lowest BCUT2D eigenvalue weighted by Crippen LogP contribution is -2.36. The van der Waals surface area contributed by atoms with Crippen molar-refractivity contribution in [2.75, 3.05) is 0 Å². The first-order chi connectivity index (χ1) is 11.8. The number of unbranched alkanes of at least 4 members (excludes halogenated alkanes) is 1. The smallest absolute Gasteiger partial charge is 0.00273 e. The van der Waals surface area contributed by atoms with Gasteiger partial charge in [0.2, 0.25) is 0 Å². The minimum absolute atomic E-state index is 0.472. The maximum atomic E-state index is 2.57. The van der Waals surface area contributed by atoms with Crippen molar-refractivity contribution in [1.29, 1.82) is 0 Å². The van der Waals surface area contributed by atoms with Crippen molar-refractivity contribution >= 4 is 10.8 Å². The van der Waals surface area contributed by atoms with Crippen LogP contribution in [0.5, 0.6) is 0 Å². The molecule has 2 bridgehead atoms. The maximum absolute atomic E-state index is 2.57. The summed E-state index contributed by atoms with van der Waals surface area (Å²) in [5.74, 6) is 1.66. The average molecular weight is 316 g/mol. The number of hydrogen-bond acceptors (Lipinski definition) is 0. The van der Waals surface area contributed by atoms with E-state index < -0.39 is 0 Å². The van der Waals surface area contributed by atoms with Crippen molar-refractivity contribution in [3.05, 3.63) is 59.2 Å². The fourth-order valence-electron chi connectivity index (χ4n) is 6.17. The van der Waals surface area contributed by atoms with Crippen molar-refractivity contribution in [3.63, 3.8) is 0 Å². The Morgan fingerprint density at radius 2 is 2.08 bits per heavy atom. The molecule has 0 radical (unpaired) electrons.